The molecule has 2 atom stereocenters. The summed E-state index contributed by atoms with van der Waals surface area (Å²) in [7, 11) is 0. The quantitative estimate of drug-likeness (QED) is 0.512. The first-order valence-corrected chi connectivity index (χ1v) is 11.9. The largest absolute Gasteiger partial charge is 0.444 e. The second kappa shape index (κ2) is 11.1. The van der Waals surface area contributed by atoms with Gasteiger partial charge in [-0.25, -0.2) is 4.79 Å². The summed E-state index contributed by atoms with van der Waals surface area (Å²) in [5, 5.41) is 5.60. The SMILES string of the molecule is Cc1ccc(C(C(=O)NC(C)C)N(C(=O)C(CS)NC(=O)OC(C)(C)C)C2CCC2)cc1. The predicted molar refractivity (Wildman–Crippen MR) is 129 cm³/mol. The standard InChI is InChI=1S/C24H37N3O4S/c1-15(2)25-21(28)20(17-12-10-16(3)11-13-17)27(18-8-7-9-18)22(29)19(14-32)26-23(30)31-24(4,5)6/h10-13,15,18-20,32H,7-9,14H2,1-6H3,(H,25,28)(H,26,30). The summed E-state index contributed by atoms with van der Waals surface area (Å²) in [6.45, 7) is 11.0. The fourth-order valence-electron chi connectivity index (χ4n) is 3.55. The third-order valence-corrected chi connectivity index (χ3v) is 5.61. The number of alkyl carbamates (subject to hydrolysis) is 1. The molecule has 2 rings (SSSR count). The van der Waals surface area contributed by atoms with E-state index in [1.807, 2.05) is 45.0 Å². The van der Waals surface area contributed by atoms with E-state index >= 15 is 0 Å². The maximum absolute atomic E-state index is 13.7. The molecule has 178 valence electrons. The van der Waals surface area contributed by atoms with Crippen LogP contribution in [-0.4, -0.2) is 52.3 Å². The van der Waals surface area contributed by atoms with Crippen LogP contribution in [0.5, 0.6) is 0 Å². The number of carbonyl (C=O) groups is 3. The molecule has 0 heterocycles. The highest BCUT2D eigenvalue weighted by atomic mass is 32.1. The smallest absolute Gasteiger partial charge is 0.408 e. The van der Waals surface area contributed by atoms with E-state index in [9.17, 15) is 14.4 Å². The lowest BCUT2D eigenvalue weighted by Gasteiger charge is -2.43. The molecule has 2 N–H and O–H groups in total. The molecular weight excluding hydrogens is 426 g/mol. The van der Waals surface area contributed by atoms with Crippen LogP contribution >= 0.6 is 12.6 Å². The van der Waals surface area contributed by atoms with Crippen LogP contribution in [0.3, 0.4) is 0 Å². The van der Waals surface area contributed by atoms with Crippen LogP contribution in [0.1, 0.15) is 71.0 Å². The highest BCUT2D eigenvalue weighted by molar-refractivity contribution is 7.80. The third-order valence-electron chi connectivity index (χ3n) is 5.24. The lowest BCUT2D eigenvalue weighted by atomic mass is 9.88. The van der Waals surface area contributed by atoms with Crippen molar-refractivity contribution < 1.29 is 19.1 Å². The Morgan fingerprint density at radius 1 is 1.12 bits per heavy atom. The highest BCUT2D eigenvalue weighted by Gasteiger charge is 2.41. The normalized spacial score (nSPS) is 16.0. The van der Waals surface area contributed by atoms with Crippen LogP contribution in [-0.2, 0) is 14.3 Å². The first-order valence-electron chi connectivity index (χ1n) is 11.2. The van der Waals surface area contributed by atoms with Gasteiger partial charge in [-0.05, 0) is 66.4 Å². The summed E-state index contributed by atoms with van der Waals surface area (Å²) in [5.74, 6) is -0.479. The van der Waals surface area contributed by atoms with E-state index in [-0.39, 0.29) is 29.7 Å². The van der Waals surface area contributed by atoms with Gasteiger partial charge in [-0.1, -0.05) is 29.8 Å². The maximum atomic E-state index is 13.7. The Hall–Kier alpha value is -2.22. The van der Waals surface area contributed by atoms with Crippen molar-refractivity contribution in [3.05, 3.63) is 35.4 Å². The molecule has 0 saturated heterocycles. The number of ether oxygens (including phenoxy) is 1. The van der Waals surface area contributed by atoms with Gasteiger partial charge in [0, 0.05) is 17.8 Å². The Bertz CT molecular complexity index is 800. The van der Waals surface area contributed by atoms with Crippen molar-refractivity contribution >= 4 is 30.5 Å². The van der Waals surface area contributed by atoms with Crippen molar-refractivity contribution in [2.45, 2.75) is 90.6 Å². The number of hydrogen-bond acceptors (Lipinski definition) is 5. The van der Waals surface area contributed by atoms with E-state index in [4.69, 9.17) is 4.74 Å². The molecule has 8 heteroatoms. The van der Waals surface area contributed by atoms with Crippen LogP contribution in [0, 0.1) is 6.92 Å². The van der Waals surface area contributed by atoms with Crippen molar-refractivity contribution in [3.63, 3.8) is 0 Å². The number of rotatable bonds is 8. The van der Waals surface area contributed by atoms with Crippen molar-refractivity contribution in [2.24, 2.45) is 0 Å². The lowest BCUT2D eigenvalue weighted by Crippen LogP contribution is -2.58. The minimum Gasteiger partial charge on any atom is -0.444 e. The second-order valence-corrected chi connectivity index (χ2v) is 10.1. The summed E-state index contributed by atoms with van der Waals surface area (Å²) in [6.07, 6.45) is 1.94. The maximum Gasteiger partial charge on any atom is 0.408 e. The number of hydrogen-bond donors (Lipinski definition) is 3. The molecule has 1 fully saturated rings. The summed E-state index contributed by atoms with van der Waals surface area (Å²) in [4.78, 5) is 41.0. The number of aryl methyl sites for hydroxylation is 1. The molecule has 32 heavy (non-hydrogen) atoms. The second-order valence-electron chi connectivity index (χ2n) is 9.69. The van der Waals surface area contributed by atoms with E-state index in [0.29, 0.717) is 0 Å². The predicted octanol–water partition coefficient (Wildman–Crippen LogP) is 3.76. The monoisotopic (exact) mass is 463 g/mol. The van der Waals surface area contributed by atoms with E-state index in [0.717, 1.165) is 30.4 Å². The number of nitrogens with one attached hydrogen (secondary N) is 2. The van der Waals surface area contributed by atoms with E-state index in [1.165, 1.54) is 0 Å². The summed E-state index contributed by atoms with van der Waals surface area (Å²) in [6, 6.07) is 5.79. The molecule has 1 aliphatic rings. The van der Waals surface area contributed by atoms with Gasteiger partial charge in [0.1, 0.15) is 17.7 Å². The zero-order chi connectivity index (χ0) is 24.1. The number of carbonyl (C=O) groups excluding carboxylic acids is 3. The van der Waals surface area contributed by atoms with Gasteiger partial charge in [-0.3, -0.25) is 9.59 Å². The molecule has 1 saturated carbocycles. The molecule has 1 aromatic carbocycles. The molecule has 2 unspecified atom stereocenters. The zero-order valence-electron chi connectivity index (χ0n) is 20.0. The average molecular weight is 464 g/mol. The van der Waals surface area contributed by atoms with Crippen LogP contribution in [0.15, 0.2) is 24.3 Å². The molecule has 0 aliphatic heterocycles. The first kappa shape index (κ1) is 26.0. The van der Waals surface area contributed by atoms with E-state index < -0.39 is 23.8 Å². The van der Waals surface area contributed by atoms with Crippen LogP contribution in [0.4, 0.5) is 4.79 Å². The molecule has 0 spiro atoms. The van der Waals surface area contributed by atoms with Gasteiger partial charge in [0.25, 0.3) is 0 Å². The minimum absolute atomic E-state index is 0.0745. The Kier molecular flexibility index (Phi) is 9.01. The molecule has 0 aromatic heterocycles. The average Bonchev–Trinajstić information content (AvgIpc) is 2.63. The summed E-state index contributed by atoms with van der Waals surface area (Å²) >= 11 is 4.31. The fourth-order valence-corrected chi connectivity index (χ4v) is 3.80. The zero-order valence-corrected chi connectivity index (χ0v) is 20.9. The van der Waals surface area contributed by atoms with Gasteiger partial charge < -0.3 is 20.3 Å². The van der Waals surface area contributed by atoms with Gasteiger partial charge in [0.15, 0.2) is 0 Å². The lowest BCUT2D eigenvalue weighted by molar-refractivity contribution is -0.147. The topological polar surface area (TPSA) is 87.7 Å². The first-order chi connectivity index (χ1) is 14.9. The molecule has 1 aliphatic carbocycles. The van der Waals surface area contributed by atoms with Crippen molar-refractivity contribution in [1.82, 2.24) is 15.5 Å². The number of benzene rings is 1. The Morgan fingerprint density at radius 2 is 1.72 bits per heavy atom. The third kappa shape index (κ3) is 7.15. The number of thiol groups is 1. The number of nitrogens with zero attached hydrogens (tertiary/aromatic N) is 1. The minimum atomic E-state index is -0.909. The highest BCUT2D eigenvalue weighted by Crippen LogP contribution is 2.34. The van der Waals surface area contributed by atoms with Gasteiger partial charge >= 0.3 is 6.09 Å². The Labute approximate surface area is 197 Å². The van der Waals surface area contributed by atoms with E-state index in [1.54, 1.807) is 25.7 Å². The Morgan fingerprint density at radius 3 is 2.16 bits per heavy atom. The van der Waals surface area contributed by atoms with Gasteiger partial charge in [-0.2, -0.15) is 12.6 Å². The fraction of sp³-hybridized carbons (Fsp3) is 0.625. The molecule has 0 radical (unpaired) electrons. The Balaban J connectivity index is 2.39. The van der Waals surface area contributed by atoms with Gasteiger partial charge in [0.2, 0.25) is 11.8 Å². The van der Waals surface area contributed by atoms with Gasteiger partial charge in [-0.15, -0.1) is 0 Å². The summed E-state index contributed by atoms with van der Waals surface area (Å²) in [5.41, 5.74) is 1.12. The van der Waals surface area contributed by atoms with Gasteiger partial charge in [0.05, 0.1) is 0 Å². The molecule has 1 aromatic rings. The van der Waals surface area contributed by atoms with E-state index in [2.05, 4.69) is 23.3 Å². The number of amides is 3. The van der Waals surface area contributed by atoms with Crippen LogP contribution in [0.25, 0.3) is 0 Å². The molecule has 0 bridgehead atoms. The van der Waals surface area contributed by atoms with Crippen molar-refractivity contribution in [1.29, 1.82) is 0 Å². The summed E-state index contributed by atoms with van der Waals surface area (Å²) < 4.78 is 5.33. The molecule has 7 nitrogen and oxygen atoms in total. The van der Waals surface area contributed by atoms with Crippen molar-refractivity contribution in [2.75, 3.05) is 5.75 Å². The van der Waals surface area contributed by atoms with Crippen LogP contribution in [0.2, 0.25) is 0 Å². The molecule has 3 amide bonds. The van der Waals surface area contributed by atoms with Crippen LogP contribution < -0.4 is 10.6 Å². The molecular formula is C24H37N3O4S. The van der Waals surface area contributed by atoms with Crippen molar-refractivity contribution in [3.8, 4) is 0 Å².